The first-order valence-electron chi connectivity index (χ1n) is 7.35. The topological polar surface area (TPSA) is 72.3 Å². The minimum absolute atomic E-state index is 0.249. The second-order valence-corrected chi connectivity index (χ2v) is 5.20. The molecule has 0 radical (unpaired) electrons. The maximum Gasteiger partial charge on any atom is 0.573 e. The van der Waals surface area contributed by atoms with E-state index in [0.717, 1.165) is 0 Å². The third-order valence-electron chi connectivity index (χ3n) is 3.43. The molecule has 0 unspecified atom stereocenters. The molecule has 2 aromatic carbocycles. The van der Waals surface area contributed by atoms with Crippen molar-refractivity contribution in [2.45, 2.75) is 6.36 Å². The van der Waals surface area contributed by atoms with E-state index >= 15 is 0 Å². The van der Waals surface area contributed by atoms with Crippen LogP contribution in [0, 0.1) is 0 Å². The lowest BCUT2D eigenvalue weighted by Gasteiger charge is -2.14. The van der Waals surface area contributed by atoms with Crippen LogP contribution in [0.5, 0.6) is 5.75 Å². The van der Waals surface area contributed by atoms with Crippen molar-refractivity contribution in [1.82, 2.24) is 9.97 Å². The van der Waals surface area contributed by atoms with Gasteiger partial charge in [0.25, 0.3) is 0 Å². The first-order chi connectivity index (χ1) is 12.3. The highest BCUT2D eigenvalue weighted by Gasteiger charge is 2.32. The Morgan fingerprint density at radius 3 is 2.46 bits per heavy atom. The summed E-state index contributed by atoms with van der Waals surface area (Å²) in [4.78, 5) is 18.6. The number of carboxylic acid groups (broad SMARTS) is 1. The highest BCUT2D eigenvalue weighted by atomic mass is 19.4. The summed E-state index contributed by atoms with van der Waals surface area (Å²) in [6, 6.07) is 13.8. The normalized spacial score (nSPS) is 11.2. The summed E-state index contributed by atoms with van der Waals surface area (Å²) >= 11 is 0. The van der Waals surface area contributed by atoms with E-state index in [-0.39, 0.29) is 17.1 Å². The Hall–Kier alpha value is -3.42. The van der Waals surface area contributed by atoms with Crippen LogP contribution in [0.4, 0.5) is 13.2 Å². The molecular formula is C18H11F3N2O3. The van der Waals surface area contributed by atoms with Gasteiger partial charge in [0.05, 0.1) is 5.69 Å². The number of benzene rings is 2. The molecule has 26 heavy (non-hydrogen) atoms. The molecule has 0 aliphatic carbocycles. The summed E-state index contributed by atoms with van der Waals surface area (Å²) in [6.07, 6.45) is -3.50. The van der Waals surface area contributed by atoms with E-state index < -0.39 is 12.3 Å². The third-order valence-corrected chi connectivity index (χ3v) is 3.43. The summed E-state index contributed by atoms with van der Waals surface area (Å²) < 4.78 is 41.9. The summed E-state index contributed by atoms with van der Waals surface area (Å²) in [6.45, 7) is 0. The Morgan fingerprint density at radius 1 is 1.00 bits per heavy atom. The summed E-state index contributed by atoms with van der Waals surface area (Å²) in [7, 11) is 0. The summed E-state index contributed by atoms with van der Waals surface area (Å²) in [5, 5.41) is 8.99. The first-order valence-corrected chi connectivity index (χ1v) is 7.35. The van der Waals surface area contributed by atoms with Crippen LogP contribution in [0.15, 0.2) is 60.8 Å². The average molecular weight is 360 g/mol. The largest absolute Gasteiger partial charge is 0.573 e. The third kappa shape index (κ3) is 3.97. The second-order valence-electron chi connectivity index (χ2n) is 5.20. The van der Waals surface area contributed by atoms with Gasteiger partial charge in [-0.3, -0.25) is 0 Å². The molecule has 5 nitrogen and oxygen atoms in total. The van der Waals surface area contributed by atoms with E-state index in [9.17, 15) is 18.0 Å². The second kappa shape index (κ2) is 6.83. The van der Waals surface area contributed by atoms with Crippen LogP contribution in [0.2, 0.25) is 0 Å². The molecule has 0 fully saturated rings. The van der Waals surface area contributed by atoms with Crippen molar-refractivity contribution in [2.75, 3.05) is 0 Å². The Balaban J connectivity index is 2.04. The number of nitrogens with zero attached hydrogens (tertiary/aromatic N) is 2. The SMILES string of the molecule is O=C(O)c1nccc(-c2cccc(-c3ccccc3OC(F)(F)F)c2)n1. The highest BCUT2D eigenvalue weighted by Crippen LogP contribution is 2.35. The number of aromatic carboxylic acids is 1. The molecule has 132 valence electrons. The van der Waals surface area contributed by atoms with Gasteiger partial charge in [-0.25, -0.2) is 14.8 Å². The Bertz CT molecular complexity index is 958. The van der Waals surface area contributed by atoms with Crippen molar-refractivity contribution in [3.05, 3.63) is 66.6 Å². The predicted molar refractivity (Wildman–Crippen MR) is 86.5 cm³/mol. The van der Waals surface area contributed by atoms with Crippen LogP contribution in [-0.2, 0) is 0 Å². The lowest BCUT2D eigenvalue weighted by atomic mass is 10.0. The number of aromatic nitrogens is 2. The maximum absolute atomic E-state index is 12.6. The first kappa shape index (κ1) is 17.4. The van der Waals surface area contributed by atoms with E-state index in [1.807, 2.05) is 0 Å². The van der Waals surface area contributed by atoms with Gasteiger partial charge < -0.3 is 9.84 Å². The molecule has 0 saturated carbocycles. The lowest BCUT2D eigenvalue weighted by molar-refractivity contribution is -0.274. The molecule has 0 aliphatic heterocycles. The van der Waals surface area contributed by atoms with Crippen LogP contribution in [0.25, 0.3) is 22.4 Å². The summed E-state index contributed by atoms with van der Waals surface area (Å²) in [5.74, 6) is -1.97. The van der Waals surface area contributed by atoms with Gasteiger partial charge in [-0.1, -0.05) is 36.4 Å². The van der Waals surface area contributed by atoms with Crippen molar-refractivity contribution < 1.29 is 27.8 Å². The van der Waals surface area contributed by atoms with Gasteiger partial charge in [-0.15, -0.1) is 13.2 Å². The number of halogens is 3. The molecule has 3 aromatic rings. The van der Waals surface area contributed by atoms with Crippen LogP contribution < -0.4 is 4.74 Å². The zero-order valence-corrected chi connectivity index (χ0v) is 13.1. The molecule has 1 aromatic heterocycles. The average Bonchev–Trinajstić information content (AvgIpc) is 2.61. The van der Waals surface area contributed by atoms with Gasteiger partial charge >= 0.3 is 12.3 Å². The van der Waals surface area contributed by atoms with Gasteiger partial charge in [-0.05, 0) is 23.8 Å². The van der Waals surface area contributed by atoms with Crippen LogP contribution >= 0.6 is 0 Å². The van der Waals surface area contributed by atoms with Crippen LogP contribution in [0.3, 0.4) is 0 Å². The fraction of sp³-hybridized carbons (Fsp3) is 0.0556. The van der Waals surface area contributed by atoms with E-state index in [1.165, 1.54) is 30.5 Å². The molecule has 1 N–H and O–H groups in total. The minimum atomic E-state index is -4.81. The van der Waals surface area contributed by atoms with E-state index in [0.29, 0.717) is 16.8 Å². The Kier molecular flexibility index (Phi) is 4.57. The molecule has 0 aliphatic rings. The monoisotopic (exact) mass is 360 g/mol. The van der Waals surface area contributed by atoms with Crippen LogP contribution in [0.1, 0.15) is 10.6 Å². The van der Waals surface area contributed by atoms with Crippen molar-refractivity contribution in [1.29, 1.82) is 0 Å². The van der Waals surface area contributed by atoms with Gasteiger partial charge in [0, 0.05) is 17.3 Å². The number of para-hydroxylation sites is 1. The van der Waals surface area contributed by atoms with Gasteiger partial charge in [0.15, 0.2) is 0 Å². The molecular weight excluding hydrogens is 349 g/mol. The minimum Gasteiger partial charge on any atom is -0.475 e. The molecule has 0 saturated heterocycles. The maximum atomic E-state index is 12.6. The quantitative estimate of drug-likeness (QED) is 0.746. The number of alkyl halides is 3. The fourth-order valence-electron chi connectivity index (χ4n) is 2.39. The molecule has 0 atom stereocenters. The number of rotatable bonds is 4. The van der Waals surface area contributed by atoms with E-state index in [2.05, 4.69) is 14.7 Å². The number of ether oxygens (including phenoxy) is 1. The predicted octanol–water partition coefficient (Wildman–Crippen LogP) is 4.41. The zero-order chi connectivity index (χ0) is 18.7. The van der Waals surface area contributed by atoms with Crippen molar-refractivity contribution >= 4 is 5.97 Å². The summed E-state index contributed by atoms with van der Waals surface area (Å²) in [5.41, 5.74) is 1.60. The highest BCUT2D eigenvalue weighted by molar-refractivity contribution is 5.84. The number of carboxylic acids is 1. The van der Waals surface area contributed by atoms with Crippen molar-refractivity contribution in [3.8, 4) is 28.1 Å². The lowest BCUT2D eigenvalue weighted by Crippen LogP contribution is -2.17. The number of hydrogen-bond donors (Lipinski definition) is 1. The molecule has 8 heteroatoms. The van der Waals surface area contributed by atoms with Crippen molar-refractivity contribution in [3.63, 3.8) is 0 Å². The zero-order valence-electron chi connectivity index (χ0n) is 13.1. The van der Waals surface area contributed by atoms with E-state index in [4.69, 9.17) is 5.11 Å². The Morgan fingerprint density at radius 2 is 1.73 bits per heavy atom. The standard InChI is InChI=1S/C18H11F3N2O3/c19-18(20,21)26-15-7-2-1-6-13(15)11-4-3-5-12(10-11)14-8-9-22-16(23-14)17(24)25/h1-10H,(H,24,25). The van der Waals surface area contributed by atoms with Crippen molar-refractivity contribution in [2.24, 2.45) is 0 Å². The Labute approximate surface area is 145 Å². The van der Waals surface area contributed by atoms with Gasteiger partial charge in [0.1, 0.15) is 5.75 Å². The smallest absolute Gasteiger partial charge is 0.475 e. The number of carbonyl (C=O) groups is 1. The molecule has 1 heterocycles. The molecule has 0 spiro atoms. The fourth-order valence-corrected chi connectivity index (χ4v) is 2.39. The van der Waals surface area contributed by atoms with Gasteiger partial charge in [0.2, 0.25) is 5.82 Å². The van der Waals surface area contributed by atoms with E-state index in [1.54, 1.807) is 30.3 Å². The number of hydrogen-bond acceptors (Lipinski definition) is 4. The molecule has 0 bridgehead atoms. The van der Waals surface area contributed by atoms with Crippen LogP contribution in [-0.4, -0.2) is 27.4 Å². The van der Waals surface area contributed by atoms with Gasteiger partial charge in [-0.2, -0.15) is 0 Å². The molecule has 3 rings (SSSR count). The molecule has 0 amide bonds.